The van der Waals surface area contributed by atoms with Crippen LogP contribution in [0.4, 0.5) is 0 Å². The van der Waals surface area contributed by atoms with Crippen molar-refractivity contribution in [3.63, 3.8) is 0 Å². The molecule has 0 bridgehead atoms. The fraction of sp³-hybridized carbons (Fsp3) is 0.353. The number of para-hydroxylation sites is 1. The molecule has 120 valence electrons. The van der Waals surface area contributed by atoms with E-state index in [2.05, 4.69) is 10.3 Å². The average molecular weight is 330 g/mol. The number of aromatic nitrogens is 1. The highest BCUT2D eigenvalue weighted by molar-refractivity contribution is 7.99. The van der Waals surface area contributed by atoms with Crippen molar-refractivity contribution in [1.82, 2.24) is 10.3 Å². The molecule has 0 radical (unpaired) electrons. The van der Waals surface area contributed by atoms with Crippen LogP contribution in [0.3, 0.4) is 0 Å². The Labute approximate surface area is 138 Å². The number of fused-ring (bicyclic) bond motifs is 1. The molecule has 1 amide bonds. The lowest BCUT2D eigenvalue weighted by Gasteiger charge is -2.33. The summed E-state index contributed by atoms with van der Waals surface area (Å²) in [5.41, 5.74) is 0.473. The van der Waals surface area contributed by atoms with E-state index in [-0.39, 0.29) is 12.3 Å². The van der Waals surface area contributed by atoms with E-state index < -0.39 is 11.5 Å². The Kier molecular flexibility index (Phi) is 4.52. The summed E-state index contributed by atoms with van der Waals surface area (Å²) in [6, 6.07) is 9.49. The molecule has 0 unspecified atom stereocenters. The molecule has 1 saturated heterocycles. The number of amides is 1. The van der Waals surface area contributed by atoms with Gasteiger partial charge in [0, 0.05) is 11.6 Å². The van der Waals surface area contributed by atoms with Crippen molar-refractivity contribution in [1.29, 1.82) is 0 Å². The van der Waals surface area contributed by atoms with Crippen LogP contribution >= 0.6 is 11.8 Å². The van der Waals surface area contributed by atoms with Gasteiger partial charge < -0.3 is 10.4 Å². The third-order valence-corrected chi connectivity index (χ3v) is 5.19. The molecule has 1 aromatic heterocycles. The highest BCUT2D eigenvalue weighted by Gasteiger charge is 2.41. The van der Waals surface area contributed by atoms with Gasteiger partial charge in [-0.15, -0.1) is 0 Å². The van der Waals surface area contributed by atoms with Crippen molar-refractivity contribution in [2.45, 2.75) is 24.8 Å². The minimum absolute atomic E-state index is 0.135. The number of aliphatic carboxylic acids is 1. The Morgan fingerprint density at radius 1 is 1.22 bits per heavy atom. The van der Waals surface area contributed by atoms with Crippen LogP contribution in [0.5, 0.6) is 0 Å². The number of benzene rings is 1. The zero-order valence-electron chi connectivity index (χ0n) is 12.6. The van der Waals surface area contributed by atoms with Gasteiger partial charge in [0.1, 0.15) is 5.54 Å². The molecular weight excluding hydrogens is 312 g/mol. The summed E-state index contributed by atoms with van der Waals surface area (Å²) in [5, 5.41) is 13.3. The first-order valence-electron chi connectivity index (χ1n) is 7.55. The van der Waals surface area contributed by atoms with E-state index in [4.69, 9.17) is 0 Å². The first kappa shape index (κ1) is 15.8. The molecule has 1 aliphatic heterocycles. The second-order valence-electron chi connectivity index (χ2n) is 5.72. The third kappa shape index (κ3) is 3.32. The van der Waals surface area contributed by atoms with Gasteiger partial charge in [-0.3, -0.25) is 9.78 Å². The minimum Gasteiger partial charge on any atom is -0.480 e. The molecule has 0 spiro atoms. The third-order valence-electron chi connectivity index (χ3n) is 4.20. The van der Waals surface area contributed by atoms with Crippen molar-refractivity contribution < 1.29 is 14.7 Å². The summed E-state index contributed by atoms with van der Waals surface area (Å²) in [6.07, 6.45) is 2.76. The summed E-state index contributed by atoms with van der Waals surface area (Å²) < 4.78 is 0. The first-order chi connectivity index (χ1) is 11.1. The maximum Gasteiger partial charge on any atom is 0.329 e. The maximum absolute atomic E-state index is 12.4. The van der Waals surface area contributed by atoms with Gasteiger partial charge in [0.15, 0.2) is 0 Å². The highest BCUT2D eigenvalue weighted by atomic mass is 32.2. The number of thioether (sulfide) groups is 1. The van der Waals surface area contributed by atoms with Crippen LogP contribution in [0.25, 0.3) is 10.9 Å². The first-order valence-corrected chi connectivity index (χ1v) is 8.71. The quantitative estimate of drug-likeness (QED) is 0.899. The van der Waals surface area contributed by atoms with Crippen molar-refractivity contribution in [2.24, 2.45) is 0 Å². The van der Waals surface area contributed by atoms with E-state index in [1.165, 1.54) is 0 Å². The molecule has 0 atom stereocenters. The highest BCUT2D eigenvalue weighted by Crippen LogP contribution is 2.27. The maximum atomic E-state index is 12.4. The summed E-state index contributed by atoms with van der Waals surface area (Å²) in [6.45, 7) is 0. The number of rotatable bonds is 4. The molecule has 0 aliphatic carbocycles. The lowest BCUT2D eigenvalue weighted by molar-refractivity contribution is -0.148. The molecule has 6 heteroatoms. The van der Waals surface area contributed by atoms with Gasteiger partial charge in [-0.05, 0) is 36.0 Å². The normalized spacial score (nSPS) is 16.9. The molecule has 0 saturated carbocycles. The molecule has 2 aromatic rings. The molecule has 5 nitrogen and oxygen atoms in total. The monoisotopic (exact) mass is 330 g/mol. The number of hydrogen-bond donors (Lipinski definition) is 2. The molecule has 1 fully saturated rings. The van der Waals surface area contributed by atoms with Gasteiger partial charge in [0.2, 0.25) is 5.91 Å². The van der Waals surface area contributed by atoms with Gasteiger partial charge in [0.05, 0.1) is 11.9 Å². The predicted molar refractivity (Wildman–Crippen MR) is 90.5 cm³/mol. The van der Waals surface area contributed by atoms with Gasteiger partial charge in [-0.2, -0.15) is 11.8 Å². The van der Waals surface area contributed by atoms with Crippen LogP contribution in [0, 0.1) is 0 Å². The molecule has 2 N–H and O–H groups in total. The van der Waals surface area contributed by atoms with Crippen LogP contribution in [-0.2, 0) is 16.0 Å². The SMILES string of the molecule is O=C(Cc1cccc2cccnc12)NC1(C(=O)O)CCSCC1. The number of carboxylic acid groups (broad SMARTS) is 1. The molecule has 23 heavy (non-hydrogen) atoms. The van der Waals surface area contributed by atoms with E-state index in [1.807, 2.05) is 30.3 Å². The van der Waals surface area contributed by atoms with Gasteiger partial charge >= 0.3 is 5.97 Å². The Balaban J connectivity index is 1.79. The predicted octanol–water partition coefficient (Wildman–Crippen LogP) is 2.24. The number of pyridine rings is 1. The molecular formula is C17H18N2O3S. The lowest BCUT2D eigenvalue weighted by Crippen LogP contribution is -2.56. The van der Waals surface area contributed by atoms with Crippen LogP contribution in [0.15, 0.2) is 36.5 Å². The Bertz CT molecular complexity index is 736. The standard InChI is InChI=1S/C17H18N2O3S/c20-14(19-17(16(21)22)6-9-23-10-7-17)11-13-4-1-3-12-5-2-8-18-15(12)13/h1-5,8H,6-7,9-11H2,(H,19,20)(H,21,22). The molecule has 2 heterocycles. The van der Waals surface area contributed by atoms with Crippen molar-refractivity contribution in [2.75, 3.05) is 11.5 Å². The number of nitrogens with zero attached hydrogens (tertiary/aromatic N) is 1. The second-order valence-corrected chi connectivity index (χ2v) is 6.94. The number of carboxylic acids is 1. The fourth-order valence-corrected chi connectivity index (χ4v) is 4.10. The van der Waals surface area contributed by atoms with E-state index in [0.717, 1.165) is 28.0 Å². The number of carbonyl (C=O) groups is 2. The van der Waals surface area contributed by atoms with Crippen LogP contribution in [0.1, 0.15) is 18.4 Å². The van der Waals surface area contributed by atoms with E-state index in [1.54, 1.807) is 18.0 Å². The minimum atomic E-state index is -1.12. The molecule has 1 aromatic carbocycles. The largest absolute Gasteiger partial charge is 0.480 e. The Morgan fingerprint density at radius 2 is 1.96 bits per heavy atom. The Hall–Kier alpha value is -2.08. The van der Waals surface area contributed by atoms with Crippen molar-refractivity contribution in [3.05, 3.63) is 42.1 Å². The summed E-state index contributed by atoms with van der Waals surface area (Å²) in [4.78, 5) is 28.4. The zero-order valence-corrected chi connectivity index (χ0v) is 13.4. The van der Waals surface area contributed by atoms with Crippen LogP contribution in [0.2, 0.25) is 0 Å². The van der Waals surface area contributed by atoms with Gasteiger partial charge in [0.25, 0.3) is 0 Å². The van der Waals surface area contributed by atoms with Crippen molar-refractivity contribution in [3.8, 4) is 0 Å². The Morgan fingerprint density at radius 3 is 2.70 bits per heavy atom. The summed E-state index contributed by atoms with van der Waals surface area (Å²) in [7, 11) is 0. The number of carbonyl (C=O) groups excluding carboxylic acids is 1. The summed E-state index contributed by atoms with van der Waals surface area (Å²) in [5.74, 6) is 0.296. The van der Waals surface area contributed by atoms with Gasteiger partial charge in [-0.25, -0.2) is 4.79 Å². The lowest BCUT2D eigenvalue weighted by atomic mass is 9.92. The smallest absolute Gasteiger partial charge is 0.329 e. The second kappa shape index (κ2) is 6.58. The van der Waals surface area contributed by atoms with Crippen LogP contribution in [-0.4, -0.2) is 39.0 Å². The summed E-state index contributed by atoms with van der Waals surface area (Å²) >= 11 is 1.72. The van der Waals surface area contributed by atoms with E-state index >= 15 is 0 Å². The van der Waals surface area contributed by atoms with Gasteiger partial charge in [-0.1, -0.05) is 24.3 Å². The number of nitrogens with one attached hydrogen (secondary N) is 1. The van der Waals surface area contributed by atoms with Crippen LogP contribution < -0.4 is 5.32 Å². The average Bonchev–Trinajstić information content (AvgIpc) is 2.56. The molecule has 3 rings (SSSR count). The van der Waals surface area contributed by atoms with E-state index in [9.17, 15) is 14.7 Å². The topological polar surface area (TPSA) is 79.3 Å². The number of hydrogen-bond acceptors (Lipinski definition) is 4. The molecule has 1 aliphatic rings. The van der Waals surface area contributed by atoms with E-state index in [0.29, 0.717) is 12.8 Å². The zero-order chi connectivity index (χ0) is 16.3. The fourth-order valence-electron chi connectivity index (χ4n) is 2.91. The van der Waals surface area contributed by atoms with Crippen molar-refractivity contribution >= 4 is 34.5 Å².